The SMILES string of the molecule is Cc1ccc2c3c(oc2n1)N(C)B(c1cc(C)c(C)c[n+]1C)C=C3. The molecule has 24 heavy (non-hydrogen) atoms. The Labute approximate surface area is 142 Å². The fraction of sp³-hybridized carbons (Fsp3) is 0.263. The summed E-state index contributed by atoms with van der Waals surface area (Å²) in [6, 6.07) is 6.38. The topological polar surface area (TPSA) is 33.2 Å². The molecule has 5 heteroatoms. The molecule has 0 saturated carbocycles. The molecule has 0 radical (unpaired) electrons. The van der Waals surface area contributed by atoms with Crippen LogP contribution >= 0.6 is 0 Å². The Morgan fingerprint density at radius 2 is 1.96 bits per heavy atom. The highest BCUT2D eigenvalue weighted by Gasteiger charge is 2.35. The standard InChI is InChI=1S/C19H21BN3O/c1-12-10-17(22(4)11-13(12)2)20-9-8-16-15-7-6-14(3)21-18(15)24-19(16)23(20)5/h6-11H,1-5H3/q+1. The third kappa shape index (κ3) is 2.15. The maximum atomic E-state index is 6.08. The summed E-state index contributed by atoms with van der Waals surface area (Å²) in [7, 11) is 4.18. The Morgan fingerprint density at radius 1 is 1.17 bits per heavy atom. The first kappa shape index (κ1) is 15.0. The summed E-state index contributed by atoms with van der Waals surface area (Å²) in [5.74, 6) is 3.12. The zero-order valence-corrected chi connectivity index (χ0v) is 14.8. The number of hydrogen-bond acceptors (Lipinski definition) is 3. The predicted molar refractivity (Wildman–Crippen MR) is 98.7 cm³/mol. The number of rotatable bonds is 1. The van der Waals surface area contributed by atoms with Crippen LogP contribution in [0.3, 0.4) is 0 Å². The molecule has 1 aliphatic heterocycles. The molecule has 0 saturated heterocycles. The number of pyridine rings is 2. The molecular formula is C19H21BN3O+. The minimum atomic E-state index is 0.142. The Hall–Kier alpha value is -2.56. The van der Waals surface area contributed by atoms with Gasteiger partial charge < -0.3 is 9.23 Å². The Morgan fingerprint density at radius 3 is 2.75 bits per heavy atom. The fourth-order valence-corrected chi connectivity index (χ4v) is 3.44. The van der Waals surface area contributed by atoms with Crippen molar-refractivity contribution < 1.29 is 8.98 Å². The molecule has 0 aromatic carbocycles. The second kappa shape index (κ2) is 5.23. The van der Waals surface area contributed by atoms with Crippen molar-refractivity contribution >= 4 is 35.5 Å². The number of nitrogens with zero attached hydrogens (tertiary/aromatic N) is 3. The van der Waals surface area contributed by atoms with Gasteiger partial charge in [-0.1, -0.05) is 12.1 Å². The second-order valence-corrected chi connectivity index (χ2v) is 6.72. The third-order valence-electron chi connectivity index (χ3n) is 4.98. The molecule has 4 rings (SSSR count). The minimum absolute atomic E-state index is 0.142. The van der Waals surface area contributed by atoms with Gasteiger partial charge in [0.2, 0.25) is 5.71 Å². The summed E-state index contributed by atoms with van der Waals surface area (Å²) in [4.78, 5) is 6.71. The number of furan rings is 1. The number of anilines is 1. The van der Waals surface area contributed by atoms with Gasteiger partial charge in [0.15, 0.2) is 17.7 Å². The molecular weight excluding hydrogens is 297 g/mol. The zero-order valence-electron chi connectivity index (χ0n) is 14.8. The molecule has 4 nitrogen and oxygen atoms in total. The summed E-state index contributed by atoms with van der Waals surface area (Å²) in [6.45, 7) is 6.43. The van der Waals surface area contributed by atoms with Crippen molar-refractivity contribution in [3.63, 3.8) is 0 Å². The van der Waals surface area contributed by atoms with Crippen LogP contribution in [0.15, 0.2) is 34.8 Å². The van der Waals surface area contributed by atoms with E-state index in [0.29, 0.717) is 5.71 Å². The molecule has 4 heterocycles. The van der Waals surface area contributed by atoms with E-state index < -0.39 is 0 Å². The number of aryl methyl sites for hydroxylation is 4. The lowest BCUT2D eigenvalue weighted by Crippen LogP contribution is -2.60. The van der Waals surface area contributed by atoms with Gasteiger partial charge in [0.05, 0.1) is 0 Å². The molecule has 0 amide bonds. The average Bonchev–Trinajstić information content (AvgIpc) is 2.90. The molecule has 0 aliphatic carbocycles. The molecule has 0 unspecified atom stereocenters. The summed E-state index contributed by atoms with van der Waals surface area (Å²) in [6.07, 6.45) is 4.35. The third-order valence-corrected chi connectivity index (χ3v) is 4.98. The van der Waals surface area contributed by atoms with E-state index in [4.69, 9.17) is 4.42 Å². The van der Waals surface area contributed by atoms with Crippen molar-refractivity contribution in [2.75, 3.05) is 11.9 Å². The number of hydrogen-bond donors (Lipinski definition) is 0. The lowest BCUT2D eigenvalue weighted by atomic mass is 9.55. The molecule has 0 fully saturated rings. The second-order valence-electron chi connectivity index (χ2n) is 6.72. The average molecular weight is 318 g/mol. The highest BCUT2D eigenvalue weighted by molar-refractivity contribution is 6.80. The normalized spacial score (nSPS) is 13.7. The fourth-order valence-electron chi connectivity index (χ4n) is 3.44. The molecule has 1 aliphatic rings. The largest absolute Gasteiger partial charge is 0.423 e. The zero-order chi connectivity index (χ0) is 17.0. The van der Waals surface area contributed by atoms with Crippen molar-refractivity contribution in [2.45, 2.75) is 20.8 Å². The molecule has 0 bridgehead atoms. The first-order chi connectivity index (χ1) is 11.5. The van der Waals surface area contributed by atoms with E-state index in [9.17, 15) is 0 Å². The van der Waals surface area contributed by atoms with E-state index in [2.05, 4.69) is 72.7 Å². The Kier molecular flexibility index (Phi) is 3.27. The summed E-state index contributed by atoms with van der Waals surface area (Å²) in [5, 5.41) is 1.07. The van der Waals surface area contributed by atoms with Crippen molar-refractivity contribution in [2.24, 2.45) is 7.05 Å². The van der Waals surface area contributed by atoms with Crippen LogP contribution in [0.2, 0.25) is 0 Å². The number of aromatic nitrogens is 2. The smallest absolute Gasteiger partial charge is 0.398 e. The van der Waals surface area contributed by atoms with E-state index in [0.717, 1.165) is 22.5 Å². The van der Waals surface area contributed by atoms with Gasteiger partial charge in [-0.05, 0) is 45.5 Å². The van der Waals surface area contributed by atoms with E-state index in [1.54, 1.807) is 0 Å². The minimum Gasteiger partial charge on any atom is -0.423 e. The van der Waals surface area contributed by atoms with Gasteiger partial charge in [-0.15, -0.1) is 0 Å². The van der Waals surface area contributed by atoms with E-state index >= 15 is 0 Å². The molecule has 0 N–H and O–H groups in total. The van der Waals surface area contributed by atoms with Gasteiger partial charge in [0.25, 0.3) is 0 Å². The molecule has 0 atom stereocenters. The summed E-state index contributed by atoms with van der Waals surface area (Å²) < 4.78 is 8.28. The summed E-state index contributed by atoms with van der Waals surface area (Å²) in [5.41, 5.74) is 6.64. The Bertz CT molecular complexity index is 990. The highest BCUT2D eigenvalue weighted by Crippen LogP contribution is 2.35. The van der Waals surface area contributed by atoms with Crippen molar-refractivity contribution in [3.05, 3.63) is 52.8 Å². The van der Waals surface area contributed by atoms with Crippen LogP contribution in [0, 0.1) is 20.8 Å². The highest BCUT2D eigenvalue weighted by atomic mass is 16.4. The van der Waals surface area contributed by atoms with Crippen LogP contribution in [0.5, 0.6) is 0 Å². The van der Waals surface area contributed by atoms with Gasteiger partial charge in [-0.25, -0.2) is 9.55 Å². The quantitative estimate of drug-likeness (QED) is 0.510. The monoisotopic (exact) mass is 318 g/mol. The number of fused-ring (bicyclic) bond motifs is 3. The van der Waals surface area contributed by atoms with Crippen molar-refractivity contribution in [1.82, 2.24) is 4.98 Å². The Balaban J connectivity index is 1.84. The van der Waals surface area contributed by atoms with Crippen LogP contribution in [0.25, 0.3) is 17.2 Å². The van der Waals surface area contributed by atoms with E-state index in [-0.39, 0.29) is 6.85 Å². The van der Waals surface area contributed by atoms with Crippen LogP contribution in [-0.4, -0.2) is 18.9 Å². The van der Waals surface area contributed by atoms with Crippen LogP contribution in [0.1, 0.15) is 22.4 Å². The van der Waals surface area contributed by atoms with Gasteiger partial charge in [0, 0.05) is 28.3 Å². The van der Waals surface area contributed by atoms with Gasteiger partial charge in [0.1, 0.15) is 7.05 Å². The molecule has 0 spiro atoms. The molecule has 3 aromatic rings. The van der Waals surface area contributed by atoms with Crippen molar-refractivity contribution in [3.8, 4) is 0 Å². The first-order valence-electron chi connectivity index (χ1n) is 8.23. The van der Waals surface area contributed by atoms with Gasteiger partial charge in [-0.3, -0.25) is 0 Å². The van der Waals surface area contributed by atoms with E-state index in [1.807, 2.05) is 13.0 Å². The maximum Gasteiger partial charge on any atom is 0.398 e. The van der Waals surface area contributed by atoms with Crippen LogP contribution in [0.4, 0.5) is 5.88 Å². The molecule has 3 aromatic heterocycles. The lowest BCUT2D eigenvalue weighted by molar-refractivity contribution is -0.654. The predicted octanol–water partition coefficient (Wildman–Crippen LogP) is 2.48. The van der Waals surface area contributed by atoms with Crippen LogP contribution < -0.4 is 15.0 Å². The molecule has 120 valence electrons. The van der Waals surface area contributed by atoms with Gasteiger partial charge >= 0.3 is 6.85 Å². The lowest BCUT2D eigenvalue weighted by Gasteiger charge is -2.24. The van der Waals surface area contributed by atoms with Crippen molar-refractivity contribution in [1.29, 1.82) is 0 Å². The maximum absolute atomic E-state index is 6.08. The van der Waals surface area contributed by atoms with E-state index in [1.165, 1.54) is 16.7 Å². The first-order valence-corrected chi connectivity index (χ1v) is 8.23. The van der Waals surface area contributed by atoms with Gasteiger partial charge in [-0.2, -0.15) is 0 Å². The summed E-state index contributed by atoms with van der Waals surface area (Å²) >= 11 is 0. The van der Waals surface area contributed by atoms with Crippen LogP contribution in [-0.2, 0) is 7.05 Å².